The van der Waals surface area contributed by atoms with E-state index in [0.29, 0.717) is 33.0 Å². The second kappa shape index (κ2) is 12.8. The van der Waals surface area contributed by atoms with Gasteiger partial charge in [-0.3, -0.25) is 0 Å². The normalized spacial score (nSPS) is 16.4. The predicted molar refractivity (Wildman–Crippen MR) is 234 cm³/mol. The molecule has 3 N–H and O–H groups in total. The molecule has 2 aliphatic carbocycles. The number of phenolic OH excluding ortho intramolecular Hbond substituents is 3. The quantitative estimate of drug-likeness (QED) is 0.119. The summed E-state index contributed by atoms with van der Waals surface area (Å²) in [6.45, 7) is 2.22. The molecular weight excluding hydrogens is 667 g/mol. The van der Waals surface area contributed by atoms with Crippen molar-refractivity contribution in [1.82, 2.24) is 0 Å². The van der Waals surface area contributed by atoms with Gasteiger partial charge in [-0.1, -0.05) is 150 Å². The minimum atomic E-state index is -0.390. The highest BCUT2D eigenvalue weighted by Crippen LogP contribution is 2.50. The van der Waals surface area contributed by atoms with Gasteiger partial charge in [0.1, 0.15) is 56.5 Å². The Bertz CT molecular complexity index is 2860. The van der Waals surface area contributed by atoms with Crippen molar-refractivity contribution >= 4 is 104 Å². The van der Waals surface area contributed by atoms with Crippen LogP contribution in [0.2, 0.25) is 0 Å². The van der Waals surface area contributed by atoms with Crippen LogP contribution in [0, 0.1) is 5.41 Å². The lowest BCUT2D eigenvalue weighted by molar-refractivity contribution is 0.476. The van der Waals surface area contributed by atoms with Crippen molar-refractivity contribution in [2.45, 2.75) is 13.3 Å². The molecule has 0 aromatic heterocycles. The molecule has 250 valence electrons. The second-order valence-electron chi connectivity index (χ2n) is 14.6. The first-order valence-electron chi connectivity index (χ1n) is 18.0. The van der Waals surface area contributed by atoms with Crippen LogP contribution in [0.4, 0.5) is 0 Å². The van der Waals surface area contributed by atoms with Gasteiger partial charge in [-0.25, -0.2) is 0 Å². The molecule has 2 aliphatic rings. The minimum Gasteiger partial charge on any atom is -0.509 e. The Balaban J connectivity index is 1.43. The number of benzene rings is 7. The van der Waals surface area contributed by atoms with Crippen molar-refractivity contribution in [3.05, 3.63) is 139 Å². The van der Waals surface area contributed by atoms with Crippen LogP contribution in [0.25, 0.3) is 71.3 Å². The molecule has 8 heteroatoms. The highest BCUT2D eigenvalue weighted by atomic mass is 16.3. The van der Waals surface area contributed by atoms with Gasteiger partial charge in [0.05, 0.1) is 0 Å². The molecule has 1 atom stereocenters. The average molecular weight is 696 g/mol. The first kappa shape index (κ1) is 34.8. The molecular formula is C47H29B5O3. The Morgan fingerprint density at radius 1 is 0.527 bits per heavy atom. The Kier molecular flexibility index (Phi) is 8.09. The molecule has 0 aliphatic heterocycles. The molecule has 10 radical (unpaired) electrons. The van der Waals surface area contributed by atoms with Gasteiger partial charge in [0.15, 0.2) is 0 Å². The van der Waals surface area contributed by atoms with E-state index in [1.54, 1.807) is 0 Å². The Morgan fingerprint density at radius 3 is 1.84 bits per heavy atom. The van der Waals surface area contributed by atoms with Gasteiger partial charge in [0, 0.05) is 27.3 Å². The van der Waals surface area contributed by atoms with Gasteiger partial charge in [-0.05, 0) is 78.5 Å². The fourth-order valence-electron chi connectivity index (χ4n) is 8.47. The molecule has 0 fully saturated rings. The topological polar surface area (TPSA) is 60.7 Å². The predicted octanol–water partition coefficient (Wildman–Crippen LogP) is 6.08. The van der Waals surface area contributed by atoms with Crippen molar-refractivity contribution in [3.8, 4) is 50.6 Å². The molecule has 0 saturated heterocycles. The highest BCUT2D eigenvalue weighted by molar-refractivity contribution is 6.61. The summed E-state index contributed by atoms with van der Waals surface area (Å²) in [7, 11) is 33.3. The lowest BCUT2D eigenvalue weighted by atomic mass is 9.67. The van der Waals surface area contributed by atoms with Crippen molar-refractivity contribution in [3.63, 3.8) is 0 Å². The van der Waals surface area contributed by atoms with Gasteiger partial charge in [-0.2, -0.15) is 0 Å². The summed E-state index contributed by atoms with van der Waals surface area (Å²) in [6.07, 6.45) is 13.7. The van der Waals surface area contributed by atoms with Gasteiger partial charge in [-0.15, -0.1) is 0 Å². The molecule has 1 unspecified atom stereocenters. The van der Waals surface area contributed by atoms with E-state index in [1.165, 1.54) is 5.57 Å². The van der Waals surface area contributed by atoms with E-state index in [0.717, 1.165) is 39.5 Å². The van der Waals surface area contributed by atoms with Crippen molar-refractivity contribution in [2.24, 2.45) is 5.41 Å². The molecule has 0 spiro atoms. The number of rotatable bonds is 4. The van der Waals surface area contributed by atoms with Crippen LogP contribution in [0.1, 0.15) is 18.9 Å². The number of hydrogen-bond acceptors (Lipinski definition) is 3. The van der Waals surface area contributed by atoms with Gasteiger partial charge < -0.3 is 15.3 Å². The van der Waals surface area contributed by atoms with Gasteiger partial charge in [0.2, 0.25) is 0 Å². The van der Waals surface area contributed by atoms with Gasteiger partial charge in [0.25, 0.3) is 0 Å². The maximum atomic E-state index is 12.1. The van der Waals surface area contributed by atoms with Crippen LogP contribution in [0.15, 0.2) is 133 Å². The number of hydrogen-bond donors (Lipinski definition) is 3. The minimum absolute atomic E-state index is 0.0438. The summed E-state index contributed by atoms with van der Waals surface area (Å²) in [5.41, 5.74) is 6.71. The molecule has 3 nitrogen and oxygen atoms in total. The van der Waals surface area contributed by atoms with Crippen LogP contribution in [0.3, 0.4) is 0 Å². The largest absolute Gasteiger partial charge is 0.509 e. The van der Waals surface area contributed by atoms with E-state index >= 15 is 0 Å². The molecule has 0 bridgehead atoms. The second-order valence-corrected chi connectivity index (χ2v) is 14.6. The Morgan fingerprint density at radius 2 is 1.11 bits per heavy atom. The molecule has 9 rings (SSSR count). The molecule has 7 aromatic carbocycles. The molecule has 55 heavy (non-hydrogen) atoms. The number of fused-ring (bicyclic) bond motifs is 4. The lowest BCUT2D eigenvalue weighted by Gasteiger charge is -2.32. The van der Waals surface area contributed by atoms with Gasteiger partial charge >= 0.3 is 0 Å². The summed E-state index contributed by atoms with van der Waals surface area (Å²) in [5, 5.41) is 38.5. The fraction of sp³-hybridized carbons (Fsp3) is 0.0638. The lowest BCUT2D eigenvalue weighted by Crippen LogP contribution is -2.33. The first-order chi connectivity index (χ1) is 26.5. The highest BCUT2D eigenvalue weighted by Gasteiger charge is 2.30. The van der Waals surface area contributed by atoms with E-state index in [-0.39, 0.29) is 60.7 Å². The molecule has 0 amide bonds. The summed E-state index contributed by atoms with van der Waals surface area (Å²) in [4.78, 5) is 0. The zero-order valence-electron chi connectivity index (χ0n) is 30.1. The number of phenols is 3. The van der Waals surface area contributed by atoms with E-state index in [2.05, 4.69) is 37.3 Å². The standard InChI is InChI=1S/C47H29B5O3/c1-47-20-8-7-14-28(47)23-26(19-21-47)25-12-9-13-27(22-25)33-35-36(40(49)46(55)41(50)39(35)48)34(38-37(33)44(53)42(51)43(52)45(38)54)32-18-17-29(24-10-3-2-4-11-24)30-15-5-6-16-31(30)32/h2-20,22-23,53-55H,21H2,1H3. The first-order valence-corrected chi connectivity index (χ1v) is 18.0. The summed E-state index contributed by atoms with van der Waals surface area (Å²) in [5.74, 6) is -1.07. The fourth-order valence-corrected chi connectivity index (χ4v) is 8.47. The number of allylic oxidation sites excluding steroid dienone is 8. The van der Waals surface area contributed by atoms with E-state index < -0.39 is 0 Å². The number of aromatic hydroxyl groups is 3. The monoisotopic (exact) mass is 696 g/mol. The summed E-state index contributed by atoms with van der Waals surface area (Å²) in [6, 6.07) is 29.7. The zero-order valence-corrected chi connectivity index (χ0v) is 30.1. The maximum Gasteiger partial charge on any atom is 0.119 e. The third-order valence-electron chi connectivity index (χ3n) is 11.4. The van der Waals surface area contributed by atoms with E-state index in [9.17, 15) is 15.3 Å². The third-order valence-corrected chi connectivity index (χ3v) is 11.4. The van der Waals surface area contributed by atoms with Crippen molar-refractivity contribution < 1.29 is 15.3 Å². The maximum absolute atomic E-state index is 12.1. The SMILES string of the molecule is [B]c1c(O)c([B])c2c(-c3ccc(-c4ccccc4)c4ccccc34)c3c(O)c([B])c([B])c(O)c3c(-c3cccc(C4=CCC5(C)C=CC=CC5=C4)c3)c2c1[B]. The van der Waals surface area contributed by atoms with Crippen LogP contribution < -0.4 is 27.3 Å². The summed E-state index contributed by atoms with van der Waals surface area (Å²) >= 11 is 0. The Hall–Kier alpha value is -6.00. The average Bonchev–Trinajstić information content (AvgIpc) is 3.22. The van der Waals surface area contributed by atoms with E-state index in [4.69, 9.17) is 39.2 Å². The smallest absolute Gasteiger partial charge is 0.119 e. The molecule has 7 aromatic rings. The van der Waals surface area contributed by atoms with Crippen LogP contribution >= 0.6 is 0 Å². The van der Waals surface area contributed by atoms with Crippen molar-refractivity contribution in [2.75, 3.05) is 0 Å². The molecule has 0 heterocycles. The molecule has 0 saturated carbocycles. The van der Waals surface area contributed by atoms with Crippen molar-refractivity contribution in [1.29, 1.82) is 0 Å². The summed E-state index contributed by atoms with van der Waals surface area (Å²) < 4.78 is 0. The van der Waals surface area contributed by atoms with Crippen LogP contribution in [-0.2, 0) is 0 Å². The van der Waals surface area contributed by atoms with Crippen LogP contribution in [-0.4, -0.2) is 54.6 Å². The third kappa shape index (κ3) is 5.18. The zero-order chi connectivity index (χ0) is 38.3. The van der Waals surface area contributed by atoms with E-state index in [1.807, 2.05) is 97.1 Å². The van der Waals surface area contributed by atoms with Crippen LogP contribution in [0.5, 0.6) is 17.2 Å². The Labute approximate surface area is 326 Å².